The Balaban J connectivity index is 1.73. The number of anilines is 1. The first-order valence-corrected chi connectivity index (χ1v) is 8.33. The van der Waals surface area contributed by atoms with Gasteiger partial charge in [-0.1, -0.05) is 13.8 Å². The fraction of sp³-hybridized carbons (Fsp3) is 0.562. The molecule has 1 aliphatic rings. The summed E-state index contributed by atoms with van der Waals surface area (Å²) in [6, 6.07) is 2.62. The van der Waals surface area contributed by atoms with Crippen LogP contribution in [-0.2, 0) is 14.3 Å². The van der Waals surface area contributed by atoms with E-state index in [9.17, 15) is 15.0 Å². The van der Waals surface area contributed by atoms with Crippen LogP contribution >= 0.6 is 0 Å². The van der Waals surface area contributed by atoms with Crippen molar-refractivity contribution in [3.63, 3.8) is 0 Å². The number of aliphatic hydroxyl groups excluding tert-OH is 2. The summed E-state index contributed by atoms with van der Waals surface area (Å²) in [7, 11) is 0. The number of carbonyl (C=O) groups is 1. The number of hydrogen-bond donors (Lipinski definition) is 4. The zero-order valence-electron chi connectivity index (χ0n) is 14.5. The Morgan fingerprint density at radius 1 is 1.38 bits per heavy atom. The topological polar surface area (TPSA) is 158 Å². The second-order valence-electron chi connectivity index (χ2n) is 6.68. The molecule has 0 amide bonds. The van der Waals surface area contributed by atoms with Gasteiger partial charge in [-0.15, -0.1) is 0 Å². The summed E-state index contributed by atoms with van der Waals surface area (Å²) in [6.07, 6.45) is -2.90. The number of nitrogen functional groups attached to an aromatic ring is 1. The Morgan fingerprint density at radius 3 is 2.81 bits per heavy atom. The lowest BCUT2D eigenvalue weighted by molar-refractivity contribution is -0.151. The highest BCUT2D eigenvalue weighted by atomic mass is 16.6. The number of fused-ring (bicyclic) bond motifs is 1. The Bertz CT molecular complexity index is 794. The highest BCUT2D eigenvalue weighted by Crippen LogP contribution is 2.34. The number of nitrogens with zero attached hydrogens (tertiary/aromatic N) is 3. The van der Waals surface area contributed by atoms with Crippen LogP contribution in [0.4, 0.5) is 5.82 Å². The second kappa shape index (κ2) is 7.16. The SMILES string of the molecule is CC(C)[C@@H](N)C(=O)OC[C@H]1O[C@@H](c2ccc3c(N)ncnn23)[C@H](O)[C@@H]1O. The average Bonchev–Trinajstić information content (AvgIpc) is 3.15. The van der Waals surface area contributed by atoms with E-state index in [1.54, 1.807) is 26.0 Å². The predicted octanol–water partition coefficient (Wildman–Crippen LogP) is -1.00. The fourth-order valence-corrected chi connectivity index (χ4v) is 2.85. The maximum absolute atomic E-state index is 11.9. The number of nitrogens with two attached hydrogens (primary N) is 2. The zero-order chi connectivity index (χ0) is 19.0. The van der Waals surface area contributed by atoms with Gasteiger partial charge in [-0.05, 0) is 18.1 Å². The molecular formula is C16H23N5O5. The lowest BCUT2D eigenvalue weighted by Gasteiger charge is -2.18. The van der Waals surface area contributed by atoms with Crippen LogP contribution in [0.3, 0.4) is 0 Å². The molecule has 2 aromatic rings. The van der Waals surface area contributed by atoms with Crippen LogP contribution in [0.2, 0.25) is 0 Å². The Kier molecular flexibility index (Phi) is 5.10. The molecule has 1 saturated heterocycles. The molecule has 0 saturated carbocycles. The summed E-state index contributed by atoms with van der Waals surface area (Å²) in [4.78, 5) is 15.8. The summed E-state index contributed by atoms with van der Waals surface area (Å²) in [5.74, 6) is -0.373. The van der Waals surface area contributed by atoms with Crippen LogP contribution in [0.1, 0.15) is 25.6 Å². The van der Waals surface area contributed by atoms with E-state index >= 15 is 0 Å². The van der Waals surface area contributed by atoms with Gasteiger partial charge in [0.25, 0.3) is 0 Å². The summed E-state index contributed by atoms with van der Waals surface area (Å²) in [5, 5.41) is 24.7. The molecule has 5 atom stereocenters. The van der Waals surface area contributed by atoms with Gasteiger partial charge in [0.05, 0.1) is 5.69 Å². The zero-order valence-corrected chi connectivity index (χ0v) is 14.5. The number of rotatable bonds is 5. The van der Waals surface area contributed by atoms with Crippen LogP contribution < -0.4 is 11.5 Å². The minimum absolute atomic E-state index is 0.0764. The molecule has 10 heteroatoms. The maximum Gasteiger partial charge on any atom is 0.323 e. The number of ether oxygens (including phenoxy) is 2. The number of aromatic nitrogens is 3. The van der Waals surface area contributed by atoms with Crippen molar-refractivity contribution < 1.29 is 24.5 Å². The molecule has 3 rings (SSSR count). The first kappa shape index (κ1) is 18.5. The van der Waals surface area contributed by atoms with Gasteiger partial charge in [0, 0.05) is 0 Å². The summed E-state index contributed by atoms with van der Waals surface area (Å²) in [5.41, 5.74) is 12.6. The van der Waals surface area contributed by atoms with Crippen molar-refractivity contribution in [3.05, 3.63) is 24.2 Å². The van der Waals surface area contributed by atoms with Crippen LogP contribution in [0.5, 0.6) is 0 Å². The lowest BCUT2D eigenvalue weighted by atomic mass is 10.1. The molecule has 0 spiro atoms. The quantitative estimate of drug-likeness (QED) is 0.487. The van der Waals surface area contributed by atoms with Crippen LogP contribution in [0.25, 0.3) is 5.52 Å². The molecule has 10 nitrogen and oxygen atoms in total. The fourth-order valence-electron chi connectivity index (χ4n) is 2.85. The molecule has 6 N–H and O–H groups in total. The molecular weight excluding hydrogens is 342 g/mol. The standard InChI is InChI=1S/C16H23N5O5/c1-7(2)11(17)16(24)25-5-10-12(22)13(23)14(26-10)8-3-4-9-15(18)19-6-20-21(8)9/h3-4,6-7,10-14,22-23H,5,17H2,1-2H3,(H2,18,19,20)/t10-,11-,12-,13-,14+/m1/s1. The predicted molar refractivity (Wildman–Crippen MR) is 90.8 cm³/mol. The number of esters is 1. The third-order valence-electron chi connectivity index (χ3n) is 4.55. The van der Waals surface area contributed by atoms with E-state index in [1.165, 1.54) is 10.8 Å². The maximum atomic E-state index is 11.9. The van der Waals surface area contributed by atoms with Crippen molar-refractivity contribution in [1.29, 1.82) is 0 Å². The van der Waals surface area contributed by atoms with Crippen molar-refractivity contribution in [2.75, 3.05) is 12.3 Å². The van der Waals surface area contributed by atoms with Crippen LogP contribution in [0.15, 0.2) is 18.5 Å². The largest absolute Gasteiger partial charge is 0.462 e. The molecule has 0 radical (unpaired) electrons. The molecule has 0 aliphatic carbocycles. The normalized spacial score (nSPS) is 27.2. The average molecular weight is 365 g/mol. The van der Waals surface area contributed by atoms with Gasteiger partial charge in [-0.3, -0.25) is 4.79 Å². The number of hydrogen-bond acceptors (Lipinski definition) is 9. The molecule has 0 aromatic carbocycles. The highest BCUT2D eigenvalue weighted by molar-refractivity contribution is 5.75. The molecule has 2 aromatic heterocycles. The van der Waals surface area contributed by atoms with Gasteiger partial charge in [0.15, 0.2) is 5.82 Å². The molecule has 26 heavy (non-hydrogen) atoms. The van der Waals surface area contributed by atoms with Crippen molar-refractivity contribution in [1.82, 2.24) is 14.6 Å². The van der Waals surface area contributed by atoms with Gasteiger partial charge < -0.3 is 31.2 Å². The van der Waals surface area contributed by atoms with Crippen molar-refractivity contribution >= 4 is 17.3 Å². The van der Waals surface area contributed by atoms with Gasteiger partial charge in [-0.25, -0.2) is 9.50 Å². The monoisotopic (exact) mass is 365 g/mol. The number of carbonyl (C=O) groups excluding carboxylic acids is 1. The van der Waals surface area contributed by atoms with E-state index in [4.69, 9.17) is 20.9 Å². The van der Waals surface area contributed by atoms with Crippen LogP contribution in [0, 0.1) is 5.92 Å². The van der Waals surface area contributed by atoms with E-state index in [-0.39, 0.29) is 18.3 Å². The second-order valence-corrected chi connectivity index (χ2v) is 6.68. The molecule has 142 valence electrons. The van der Waals surface area contributed by atoms with Crippen molar-refractivity contribution in [3.8, 4) is 0 Å². The van der Waals surface area contributed by atoms with E-state index < -0.39 is 36.4 Å². The minimum atomic E-state index is -1.23. The first-order chi connectivity index (χ1) is 12.3. The molecule has 0 bridgehead atoms. The molecule has 3 heterocycles. The van der Waals surface area contributed by atoms with Gasteiger partial charge in [-0.2, -0.15) is 5.10 Å². The van der Waals surface area contributed by atoms with E-state index in [0.717, 1.165) is 0 Å². The first-order valence-electron chi connectivity index (χ1n) is 8.33. The van der Waals surface area contributed by atoms with E-state index in [2.05, 4.69) is 10.1 Å². The van der Waals surface area contributed by atoms with E-state index in [0.29, 0.717) is 11.2 Å². The number of aliphatic hydroxyl groups is 2. The summed E-state index contributed by atoms with van der Waals surface area (Å²) >= 11 is 0. The summed E-state index contributed by atoms with van der Waals surface area (Å²) in [6.45, 7) is 3.39. The minimum Gasteiger partial charge on any atom is -0.462 e. The third kappa shape index (κ3) is 3.23. The van der Waals surface area contributed by atoms with Gasteiger partial charge >= 0.3 is 5.97 Å². The smallest absolute Gasteiger partial charge is 0.323 e. The highest BCUT2D eigenvalue weighted by Gasteiger charge is 2.45. The van der Waals surface area contributed by atoms with Crippen LogP contribution in [-0.4, -0.2) is 61.7 Å². The van der Waals surface area contributed by atoms with E-state index in [1.807, 2.05) is 0 Å². The molecule has 1 aliphatic heterocycles. The van der Waals surface area contributed by atoms with Gasteiger partial charge in [0.1, 0.15) is 48.9 Å². The Labute approximate surface area is 149 Å². The van der Waals surface area contributed by atoms with Crippen molar-refractivity contribution in [2.24, 2.45) is 11.7 Å². The van der Waals surface area contributed by atoms with Gasteiger partial charge in [0.2, 0.25) is 0 Å². The lowest BCUT2D eigenvalue weighted by Crippen LogP contribution is -2.40. The summed E-state index contributed by atoms with van der Waals surface area (Å²) < 4.78 is 12.3. The molecule has 0 unspecified atom stereocenters. The Morgan fingerprint density at radius 2 is 2.12 bits per heavy atom. The molecule has 1 fully saturated rings. The third-order valence-corrected chi connectivity index (χ3v) is 4.55. The Hall–Kier alpha value is -2.27. The van der Waals surface area contributed by atoms with Crippen molar-refractivity contribution in [2.45, 2.75) is 44.3 Å².